The van der Waals surface area contributed by atoms with Gasteiger partial charge in [-0.1, -0.05) is 0 Å². The summed E-state index contributed by atoms with van der Waals surface area (Å²) >= 11 is 0. The predicted molar refractivity (Wildman–Crippen MR) is 94.2 cm³/mol. The Hall–Kier alpha value is -1.38. The van der Waals surface area contributed by atoms with E-state index in [1.807, 2.05) is 25.7 Å². The molecule has 0 aliphatic carbocycles. The zero-order valence-corrected chi connectivity index (χ0v) is 15.7. The van der Waals surface area contributed by atoms with E-state index in [4.69, 9.17) is 19.9 Å². The summed E-state index contributed by atoms with van der Waals surface area (Å²) in [7, 11) is 0. The number of amides is 2. The van der Waals surface area contributed by atoms with Gasteiger partial charge in [0.1, 0.15) is 12.2 Å². The Bertz CT molecular complexity index is 404. The van der Waals surface area contributed by atoms with Crippen LogP contribution in [0.4, 0.5) is 4.79 Å². The summed E-state index contributed by atoms with van der Waals surface area (Å²) in [4.78, 5) is 25.5. The zero-order valence-electron chi connectivity index (χ0n) is 15.7. The molecule has 8 nitrogen and oxygen atoms in total. The van der Waals surface area contributed by atoms with Crippen molar-refractivity contribution in [3.8, 4) is 0 Å². The maximum atomic E-state index is 12.1. The van der Waals surface area contributed by atoms with Gasteiger partial charge in [0.05, 0.1) is 19.8 Å². The first-order chi connectivity index (χ1) is 11.8. The molecule has 0 aromatic carbocycles. The molecular weight excluding hydrogens is 326 g/mol. The van der Waals surface area contributed by atoms with Gasteiger partial charge in [-0.3, -0.25) is 4.79 Å². The van der Waals surface area contributed by atoms with E-state index in [2.05, 4.69) is 5.32 Å². The third-order valence-corrected chi connectivity index (χ3v) is 3.76. The number of carbonyl (C=O) groups excluding carboxylic acids is 2. The van der Waals surface area contributed by atoms with Crippen molar-refractivity contribution >= 4 is 12.0 Å². The number of likely N-dealkylation sites (tertiary alicyclic amines) is 1. The third kappa shape index (κ3) is 10.3. The van der Waals surface area contributed by atoms with Crippen LogP contribution in [0.2, 0.25) is 0 Å². The van der Waals surface area contributed by atoms with Gasteiger partial charge in [-0.15, -0.1) is 0 Å². The van der Waals surface area contributed by atoms with Gasteiger partial charge in [0.2, 0.25) is 5.91 Å². The van der Waals surface area contributed by atoms with Crippen LogP contribution in [0.1, 0.15) is 33.6 Å². The molecule has 0 radical (unpaired) electrons. The first-order valence-electron chi connectivity index (χ1n) is 8.92. The predicted octanol–water partition coefficient (Wildman–Crippen LogP) is 0.742. The molecule has 2 amide bonds. The molecule has 0 aromatic rings. The number of nitrogens with two attached hydrogens (primary N) is 1. The van der Waals surface area contributed by atoms with Crippen LogP contribution in [0, 0.1) is 5.92 Å². The van der Waals surface area contributed by atoms with Crippen LogP contribution in [-0.2, 0) is 19.0 Å². The van der Waals surface area contributed by atoms with Gasteiger partial charge >= 0.3 is 6.09 Å². The van der Waals surface area contributed by atoms with Crippen LogP contribution >= 0.6 is 0 Å². The normalized spacial score (nSPS) is 15.9. The van der Waals surface area contributed by atoms with E-state index in [1.54, 1.807) is 0 Å². The fourth-order valence-corrected chi connectivity index (χ4v) is 2.48. The number of hydrogen-bond donors (Lipinski definition) is 2. The highest BCUT2D eigenvalue weighted by molar-refractivity contribution is 5.77. The molecule has 3 N–H and O–H groups in total. The molecule has 0 aromatic heterocycles. The molecule has 25 heavy (non-hydrogen) atoms. The summed E-state index contributed by atoms with van der Waals surface area (Å²) in [6, 6.07) is 0. The van der Waals surface area contributed by atoms with E-state index in [0.29, 0.717) is 51.9 Å². The Balaban J connectivity index is 2.12. The molecule has 1 saturated heterocycles. The average molecular weight is 359 g/mol. The maximum Gasteiger partial charge on any atom is 0.407 e. The molecule has 0 spiro atoms. The van der Waals surface area contributed by atoms with Gasteiger partial charge in [0.15, 0.2) is 0 Å². The van der Waals surface area contributed by atoms with Crippen LogP contribution < -0.4 is 11.1 Å². The second-order valence-corrected chi connectivity index (χ2v) is 7.16. The summed E-state index contributed by atoms with van der Waals surface area (Å²) in [5, 5.41) is 2.80. The number of piperidine rings is 1. The Morgan fingerprint density at radius 3 is 2.36 bits per heavy atom. The fraction of sp³-hybridized carbons (Fsp3) is 0.882. The molecular formula is C17H33N3O5. The van der Waals surface area contributed by atoms with Crippen molar-refractivity contribution in [2.75, 3.05) is 52.6 Å². The number of hydrogen-bond acceptors (Lipinski definition) is 6. The third-order valence-electron chi connectivity index (χ3n) is 3.76. The Morgan fingerprint density at radius 1 is 1.12 bits per heavy atom. The van der Waals surface area contributed by atoms with Crippen molar-refractivity contribution in [3.63, 3.8) is 0 Å². The Labute approximate surface area is 150 Å². The highest BCUT2D eigenvalue weighted by Crippen LogP contribution is 2.17. The van der Waals surface area contributed by atoms with E-state index in [0.717, 1.165) is 12.8 Å². The van der Waals surface area contributed by atoms with Crippen molar-refractivity contribution in [2.24, 2.45) is 11.7 Å². The number of alkyl carbamates (subject to hydrolysis) is 1. The lowest BCUT2D eigenvalue weighted by Gasteiger charge is -2.32. The minimum atomic E-state index is -0.491. The quantitative estimate of drug-likeness (QED) is 0.589. The minimum Gasteiger partial charge on any atom is -0.444 e. The largest absolute Gasteiger partial charge is 0.444 e. The molecule has 1 aliphatic rings. The summed E-state index contributed by atoms with van der Waals surface area (Å²) in [6.45, 7) is 9.36. The SMILES string of the molecule is CC(C)(C)OC(=O)NCC1CCN(C(=O)COCCOCCN)CC1. The van der Waals surface area contributed by atoms with Crippen LogP contribution in [0.15, 0.2) is 0 Å². The van der Waals surface area contributed by atoms with Crippen molar-refractivity contribution in [2.45, 2.75) is 39.2 Å². The molecule has 1 rings (SSSR count). The molecule has 1 aliphatic heterocycles. The molecule has 0 atom stereocenters. The van der Waals surface area contributed by atoms with Crippen LogP contribution in [0.3, 0.4) is 0 Å². The molecule has 1 heterocycles. The molecule has 0 unspecified atom stereocenters. The average Bonchev–Trinajstić information content (AvgIpc) is 2.55. The Kier molecular flexibility index (Phi) is 9.77. The smallest absolute Gasteiger partial charge is 0.407 e. The monoisotopic (exact) mass is 359 g/mol. The molecule has 0 bridgehead atoms. The highest BCUT2D eigenvalue weighted by atomic mass is 16.6. The number of nitrogens with one attached hydrogen (secondary N) is 1. The van der Waals surface area contributed by atoms with E-state index in [9.17, 15) is 9.59 Å². The summed E-state index contributed by atoms with van der Waals surface area (Å²) < 4.78 is 15.7. The summed E-state index contributed by atoms with van der Waals surface area (Å²) in [5.41, 5.74) is 4.82. The Morgan fingerprint density at radius 2 is 1.76 bits per heavy atom. The molecule has 8 heteroatoms. The minimum absolute atomic E-state index is 0.00243. The van der Waals surface area contributed by atoms with Crippen LogP contribution in [0.25, 0.3) is 0 Å². The zero-order chi connectivity index (χ0) is 18.7. The topological polar surface area (TPSA) is 103 Å². The second kappa shape index (κ2) is 11.3. The van der Waals surface area contributed by atoms with E-state index in [-0.39, 0.29) is 12.5 Å². The van der Waals surface area contributed by atoms with Crippen molar-refractivity contribution in [1.82, 2.24) is 10.2 Å². The van der Waals surface area contributed by atoms with Gasteiger partial charge in [0.25, 0.3) is 0 Å². The van der Waals surface area contributed by atoms with Crippen molar-refractivity contribution in [3.05, 3.63) is 0 Å². The maximum absolute atomic E-state index is 12.1. The molecule has 1 fully saturated rings. The summed E-state index contributed by atoms with van der Waals surface area (Å²) in [5.74, 6) is 0.361. The van der Waals surface area contributed by atoms with E-state index in [1.165, 1.54) is 0 Å². The van der Waals surface area contributed by atoms with Crippen molar-refractivity contribution < 1.29 is 23.8 Å². The van der Waals surface area contributed by atoms with Gasteiger partial charge in [0, 0.05) is 26.2 Å². The number of carbonyl (C=O) groups is 2. The number of nitrogens with zero attached hydrogens (tertiary/aromatic N) is 1. The second-order valence-electron chi connectivity index (χ2n) is 7.16. The lowest BCUT2D eigenvalue weighted by Crippen LogP contribution is -2.43. The van der Waals surface area contributed by atoms with Crippen LogP contribution in [-0.4, -0.2) is 75.1 Å². The van der Waals surface area contributed by atoms with Crippen molar-refractivity contribution in [1.29, 1.82) is 0 Å². The van der Waals surface area contributed by atoms with Gasteiger partial charge in [-0.2, -0.15) is 0 Å². The number of rotatable bonds is 9. The molecule has 146 valence electrons. The van der Waals surface area contributed by atoms with E-state index >= 15 is 0 Å². The standard InChI is InChI=1S/C17H33N3O5/c1-17(2,3)25-16(22)19-12-14-4-7-20(8-5-14)15(21)13-24-11-10-23-9-6-18/h14H,4-13,18H2,1-3H3,(H,19,22). The first kappa shape index (κ1) is 21.7. The van der Waals surface area contributed by atoms with Gasteiger partial charge in [-0.05, 0) is 39.5 Å². The summed E-state index contributed by atoms with van der Waals surface area (Å²) in [6.07, 6.45) is 1.33. The van der Waals surface area contributed by atoms with Gasteiger partial charge in [-0.25, -0.2) is 4.79 Å². The fourth-order valence-electron chi connectivity index (χ4n) is 2.48. The van der Waals surface area contributed by atoms with E-state index < -0.39 is 11.7 Å². The lowest BCUT2D eigenvalue weighted by molar-refractivity contribution is -0.138. The molecule has 0 saturated carbocycles. The lowest BCUT2D eigenvalue weighted by atomic mass is 9.97. The van der Waals surface area contributed by atoms with Gasteiger partial charge < -0.3 is 30.2 Å². The number of ether oxygens (including phenoxy) is 3. The van der Waals surface area contributed by atoms with Crippen LogP contribution in [0.5, 0.6) is 0 Å². The first-order valence-corrected chi connectivity index (χ1v) is 8.92. The highest BCUT2D eigenvalue weighted by Gasteiger charge is 2.24.